The molecule has 1 aliphatic heterocycles. The van der Waals surface area contributed by atoms with Gasteiger partial charge in [-0.2, -0.15) is 0 Å². The van der Waals surface area contributed by atoms with E-state index in [1.807, 2.05) is 42.5 Å². The van der Waals surface area contributed by atoms with Crippen molar-refractivity contribution in [2.75, 3.05) is 32.8 Å². The molecule has 3 aromatic carbocycles. The van der Waals surface area contributed by atoms with Gasteiger partial charge in [0.15, 0.2) is 5.76 Å². The second-order valence-corrected chi connectivity index (χ2v) is 8.49. The zero-order chi connectivity index (χ0) is 24.0. The van der Waals surface area contributed by atoms with Gasteiger partial charge in [0, 0.05) is 19.6 Å². The molecule has 1 unspecified atom stereocenters. The molecule has 1 amide bonds. The number of furan rings is 1. The van der Waals surface area contributed by atoms with Gasteiger partial charge in [0.05, 0.1) is 19.3 Å². The highest BCUT2D eigenvalue weighted by atomic mass is 19.1. The van der Waals surface area contributed by atoms with Crippen molar-refractivity contribution in [2.45, 2.75) is 12.6 Å². The maximum Gasteiger partial charge on any atom is 0.287 e. The van der Waals surface area contributed by atoms with E-state index in [-0.39, 0.29) is 30.1 Å². The van der Waals surface area contributed by atoms with Crippen LogP contribution >= 0.6 is 0 Å². The summed E-state index contributed by atoms with van der Waals surface area (Å²) in [7, 11) is 0. The number of hydrogen-bond acceptors (Lipinski definition) is 5. The highest BCUT2D eigenvalue weighted by Gasteiger charge is 2.24. The number of nitrogens with zero attached hydrogens (tertiary/aromatic N) is 1. The molecule has 6 nitrogen and oxygen atoms in total. The van der Waals surface area contributed by atoms with Gasteiger partial charge >= 0.3 is 0 Å². The van der Waals surface area contributed by atoms with E-state index in [1.165, 1.54) is 12.1 Å². The van der Waals surface area contributed by atoms with Gasteiger partial charge in [0.2, 0.25) is 0 Å². The molecule has 0 saturated carbocycles. The topological polar surface area (TPSA) is 63.9 Å². The molecule has 0 bridgehead atoms. The number of benzene rings is 3. The minimum Gasteiger partial charge on any atom is -0.486 e. The Labute approximate surface area is 203 Å². The van der Waals surface area contributed by atoms with Crippen LogP contribution in [0.25, 0.3) is 10.8 Å². The van der Waals surface area contributed by atoms with Crippen molar-refractivity contribution in [3.63, 3.8) is 0 Å². The average molecular weight is 475 g/mol. The molecule has 1 saturated heterocycles. The Bertz CT molecular complexity index is 1300. The first kappa shape index (κ1) is 23.1. The Morgan fingerprint density at radius 2 is 1.80 bits per heavy atom. The summed E-state index contributed by atoms with van der Waals surface area (Å²) in [6.07, 6.45) is 0. The molecule has 180 valence electrons. The van der Waals surface area contributed by atoms with Crippen molar-refractivity contribution in [1.82, 2.24) is 10.2 Å². The van der Waals surface area contributed by atoms with Gasteiger partial charge < -0.3 is 19.2 Å². The molecule has 1 aromatic heterocycles. The number of hydrogen-bond donors (Lipinski definition) is 1. The predicted molar refractivity (Wildman–Crippen MR) is 131 cm³/mol. The number of morpholine rings is 1. The second kappa shape index (κ2) is 10.7. The Kier molecular flexibility index (Phi) is 7.07. The van der Waals surface area contributed by atoms with Crippen molar-refractivity contribution >= 4 is 16.7 Å². The van der Waals surface area contributed by atoms with Gasteiger partial charge in [-0.25, -0.2) is 4.39 Å². The summed E-state index contributed by atoms with van der Waals surface area (Å²) >= 11 is 0. The van der Waals surface area contributed by atoms with Gasteiger partial charge in [-0.05, 0) is 52.7 Å². The fourth-order valence-corrected chi connectivity index (χ4v) is 4.33. The zero-order valence-corrected chi connectivity index (χ0v) is 19.3. The zero-order valence-electron chi connectivity index (χ0n) is 19.3. The second-order valence-electron chi connectivity index (χ2n) is 8.49. The van der Waals surface area contributed by atoms with Crippen LogP contribution in [0.2, 0.25) is 0 Å². The highest BCUT2D eigenvalue weighted by Crippen LogP contribution is 2.23. The summed E-state index contributed by atoms with van der Waals surface area (Å²) in [6.45, 7) is 3.19. The van der Waals surface area contributed by atoms with Crippen LogP contribution in [0.3, 0.4) is 0 Å². The van der Waals surface area contributed by atoms with Crippen molar-refractivity contribution in [1.29, 1.82) is 0 Å². The number of carbonyl (C=O) groups is 1. The van der Waals surface area contributed by atoms with Crippen LogP contribution in [-0.4, -0.2) is 43.7 Å². The van der Waals surface area contributed by atoms with E-state index in [9.17, 15) is 9.18 Å². The summed E-state index contributed by atoms with van der Waals surface area (Å²) < 4.78 is 30.9. The minimum absolute atomic E-state index is 0.163. The van der Waals surface area contributed by atoms with Crippen molar-refractivity contribution in [2.24, 2.45) is 0 Å². The van der Waals surface area contributed by atoms with Gasteiger partial charge in [0.1, 0.15) is 23.9 Å². The molecule has 0 aliphatic carbocycles. The first-order valence-corrected chi connectivity index (χ1v) is 11.7. The molecular formula is C28H27FN2O4. The van der Waals surface area contributed by atoms with Crippen LogP contribution in [0.1, 0.15) is 27.9 Å². The Morgan fingerprint density at radius 3 is 2.63 bits per heavy atom. The summed E-state index contributed by atoms with van der Waals surface area (Å²) in [5.74, 6) is 0.876. The van der Waals surface area contributed by atoms with Crippen LogP contribution in [0.4, 0.5) is 4.39 Å². The van der Waals surface area contributed by atoms with E-state index in [0.29, 0.717) is 38.6 Å². The quantitative estimate of drug-likeness (QED) is 0.391. The summed E-state index contributed by atoms with van der Waals surface area (Å²) in [5.41, 5.74) is 0.816. The predicted octanol–water partition coefficient (Wildman–Crippen LogP) is 4.95. The standard InChI is InChI=1S/C28H27FN2O4/c29-23-7-3-6-22(16-23)26(31-12-14-33-15-13-31)18-30-28(32)27-11-10-25(35-27)19-34-24-9-8-20-4-1-2-5-21(20)17-24/h1-11,16-17,26H,12-15,18-19H2,(H,30,32). The number of nitrogens with one attached hydrogen (secondary N) is 1. The van der Waals surface area contributed by atoms with Gasteiger partial charge in [-0.1, -0.05) is 42.5 Å². The number of rotatable bonds is 8. The van der Waals surface area contributed by atoms with E-state index < -0.39 is 0 Å². The van der Waals surface area contributed by atoms with Crippen molar-refractivity contribution < 1.29 is 23.1 Å². The lowest BCUT2D eigenvalue weighted by Gasteiger charge is -2.34. The summed E-state index contributed by atoms with van der Waals surface area (Å²) in [6, 6.07) is 23.7. The fraction of sp³-hybridized carbons (Fsp3) is 0.250. The number of fused-ring (bicyclic) bond motifs is 1. The van der Waals surface area contributed by atoms with E-state index in [1.54, 1.807) is 18.2 Å². The molecule has 5 rings (SSSR count). The molecule has 1 atom stereocenters. The van der Waals surface area contributed by atoms with Gasteiger partial charge in [0.25, 0.3) is 5.91 Å². The Morgan fingerprint density at radius 1 is 0.971 bits per heavy atom. The molecule has 0 radical (unpaired) electrons. The molecule has 1 aliphatic rings. The molecule has 1 fully saturated rings. The SMILES string of the molecule is O=C(NCC(c1cccc(F)c1)N1CCOCC1)c1ccc(COc2ccc3ccccc3c2)o1. The summed E-state index contributed by atoms with van der Waals surface area (Å²) in [4.78, 5) is 15.0. The molecule has 7 heteroatoms. The lowest BCUT2D eigenvalue weighted by molar-refractivity contribution is 0.0161. The van der Waals surface area contributed by atoms with E-state index in [4.69, 9.17) is 13.9 Å². The fourth-order valence-electron chi connectivity index (χ4n) is 4.33. The summed E-state index contributed by atoms with van der Waals surface area (Å²) in [5, 5.41) is 5.18. The number of carbonyl (C=O) groups excluding carboxylic acids is 1. The van der Waals surface area contributed by atoms with Crippen LogP contribution in [0, 0.1) is 5.82 Å². The Hall–Kier alpha value is -3.68. The third kappa shape index (κ3) is 5.70. The Balaban J connectivity index is 1.21. The normalized spacial score (nSPS) is 15.1. The maximum absolute atomic E-state index is 13.9. The van der Waals surface area contributed by atoms with Crippen LogP contribution < -0.4 is 10.1 Å². The van der Waals surface area contributed by atoms with E-state index in [0.717, 1.165) is 22.1 Å². The van der Waals surface area contributed by atoms with Gasteiger partial charge in [-0.3, -0.25) is 9.69 Å². The lowest BCUT2D eigenvalue weighted by atomic mass is 10.0. The molecule has 35 heavy (non-hydrogen) atoms. The van der Waals surface area contributed by atoms with Crippen LogP contribution in [0.5, 0.6) is 5.75 Å². The largest absolute Gasteiger partial charge is 0.486 e. The monoisotopic (exact) mass is 474 g/mol. The molecule has 1 N–H and O–H groups in total. The average Bonchev–Trinajstić information content (AvgIpc) is 3.37. The first-order valence-electron chi connectivity index (χ1n) is 11.7. The first-order chi connectivity index (χ1) is 17.2. The van der Waals surface area contributed by atoms with Crippen LogP contribution in [-0.2, 0) is 11.3 Å². The molecular weight excluding hydrogens is 447 g/mol. The van der Waals surface area contributed by atoms with E-state index >= 15 is 0 Å². The minimum atomic E-state index is -0.323. The van der Waals surface area contributed by atoms with Crippen molar-refractivity contribution in [3.05, 3.63) is 102 Å². The number of halogens is 1. The number of ether oxygens (including phenoxy) is 2. The third-order valence-corrected chi connectivity index (χ3v) is 6.16. The van der Waals surface area contributed by atoms with Crippen molar-refractivity contribution in [3.8, 4) is 5.75 Å². The molecule has 0 spiro atoms. The maximum atomic E-state index is 13.9. The third-order valence-electron chi connectivity index (χ3n) is 6.16. The van der Waals surface area contributed by atoms with E-state index in [2.05, 4.69) is 16.3 Å². The number of amides is 1. The molecule has 4 aromatic rings. The highest BCUT2D eigenvalue weighted by molar-refractivity contribution is 5.91. The smallest absolute Gasteiger partial charge is 0.287 e. The molecule has 2 heterocycles. The lowest BCUT2D eigenvalue weighted by Crippen LogP contribution is -2.43. The van der Waals surface area contributed by atoms with Gasteiger partial charge in [-0.15, -0.1) is 0 Å². The van der Waals surface area contributed by atoms with Crippen LogP contribution in [0.15, 0.2) is 83.3 Å².